The number of carbonyl (C=O) groups excluding carboxylic acids is 1. The number of methoxy groups -OCH3 is 1. The molecule has 2 N–H and O–H groups in total. The van der Waals surface area contributed by atoms with Crippen LogP contribution in [0.1, 0.15) is 47.5 Å². The van der Waals surface area contributed by atoms with Crippen molar-refractivity contribution in [2.45, 2.75) is 71.2 Å². The van der Waals surface area contributed by atoms with E-state index in [2.05, 4.69) is 24.5 Å². The van der Waals surface area contributed by atoms with Gasteiger partial charge in [-0.3, -0.25) is 0 Å². The minimum Gasteiger partial charge on any atom is -0.444 e. The lowest BCUT2D eigenvalue weighted by atomic mass is 9.87. The Balaban J connectivity index is 2.31. The molecule has 0 aromatic carbocycles. The first-order chi connectivity index (χ1) is 9.21. The van der Waals surface area contributed by atoms with Crippen LogP contribution in [-0.4, -0.2) is 43.5 Å². The number of amides is 1. The predicted octanol–water partition coefficient (Wildman–Crippen LogP) is 2.30. The zero-order valence-corrected chi connectivity index (χ0v) is 13.7. The van der Waals surface area contributed by atoms with E-state index in [0.29, 0.717) is 24.6 Å². The molecule has 0 aromatic heterocycles. The summed E-state index contributed by atoms with van der Waals surface area (Å²) in [6.45, 7) is 10.5. The van der Waals surface area contributed by atoms with Gasteiger partial charge in [0.25, 0.3) is 0 Å². The molecule has 1 atom stereocenters. The molecule has 20 heavy (non-hydrogen) atoms. The molecule has 0 radical (unpaired) electrons. The summed E-state index contributed by atoms with van der Waals surface area (Å²) >= 11 is 0. The minimum atomic E-state index is -0.454. The fourth-order valence-corrected chi connectivity index (χ4v) is 2.19. The Hall–Kier alpha value is -0.810. The van der Waals surface area contributed by atoms with Gasteiger partial charge in [0.2, 0.25) is 0 Å². The average molecular weight is 286 g/mol. The molecular weight excluding hydrogens is 256 g/mol. The van der Waals surface area contributed by atoms with Crippen molar-refractivity contribution in [1.82, 2.24) is 10.6 Å². The molecule has 1 amide bonds. The highest BCUT2D eigenvalue weighted by molar-refractivity contribution is 5.67. The number of hydrogen-bond donors (Lipinski definition) is 2. The van der Waals surface area contributed by atoms with E-state index in [1.54, 1.807) is 7.11 Å². The van der Waals surface area contributed by atoms with Gasteiger partial charge < -0.3 is 20.1 Å². The summed E-state index contributed by atoms with van der Waals surface area (Å²) in [7, 11) is 1.75. The molecular formula is C15H30N2O3. The van der Waals surface area contributed by atoms with Crippen LogP contribution >= 0.6 is 0 Å². The van der Waals surface area contributed by atoms with E-state index in [1.807, 2.05) is 20.8 Å². The van der Waals surface area contributed by atoms with Crippen molar-refractivity contribution in [3.8, 4) is 0 Å². The van der Waals surface area contributed by atoms with E-state index in [0.717, 1.165) is 12.8 Å². The largest absolute Gasteiger partial charge is 0.444 e. The molecule has 118 valence electrons. The maximum absolute atomic E-state index is 11.7. The molecule has 5 nitrogen and oxygen atoms in total. The van der Waals surface area contributed by atoms with E-state index < -0.39 is 5.60 Å². The van der Waals surface area contributed by atoms with Crippen molar-refractivity contribution in [3.05, 3.63) is 0 Å². The average Bonchev–Trinajstić information content (AvgIpc) is 2.23. The summed E-state index contributed by atoms with van der Waals surface area (Å²) in [4.78, 5) is 11.7. The number of carbonyl (C=O) groups is 1. The van der Waals surface area contributed by atoms with Crippen LogP contribution in [0.5, 0.6) is 0 Å². The molecule has 1 fully saturated rings. The van der Waals surface area contributed by atoms with Crippen molar-refractivity contribution in [3.63, 3.8) is 0 Å². The molecule has 1 aliphatic carbocycles. The zero-order valence-electron chi connectivity index (χ0n) is 13.7. The van der Waals surface area contributed by atoms with Gasteiger partial charge in [0.1, 0.15) is 5.60 Å². The van der Waals surface area contributed by atoms with E-state index in [1.165, 1.54) is 0 Å². The van der Waals surface area contributed by atoms with E-state index in [-0.39, 0.29) is 12.1 Å². The molecule has 1 aliphatic rings. The molecule has 0 bridgehead atoms. The van der Waals surface area contributed by atoms with Gasteiger partial charge in [0.15, 0.2) is 0 Å². The lowest BCUT2D eigenvalue weighted by Gasteiger charge is -2.38. The van der Waals surface area contributed by atoms with Gasteiger partial charge in [-0.25, -0.2) is 4.79 Å². The molecule has 0 aliphatic heterocycles. The third kappa shape index (κ3) is 6.09. The van der Waals surface area contributed by atoms with Crippen LogP contribution in [0.15, 0.2) is 0 Å². The maximum Gasteiger partial charge on any atom is 0.407 e. The third-order valence-corrected chi connectivity index (χ3v) is 3.55. The van der Waals surface area contributed by atoms with Crippen LogP contribution in [0.2, 0.25) is 0 Å². The Kier molecular flexibility index (Phi) is 6.27. The van der Waals surface area contributed by atoms with Gasteiger partial charge in [-0.2, -0.15) is 0 Å². The maximum atomic E-state index is 11.7. The highest BCUT2D eigenvalue weighted by atomic mass is 16.6. The van der Waals surface area contributed by atoms with Gasteiger partial charge in [0, 0.05) is 25.7 Å². The summed E-state index contributed by atoms with van der Waals surface area (Å²) in [5.41, 5.74) is -0.454. The summed E-state index contributed by atoms with van der Waals surface area (Å²) < 4.78 is 10.5. The monoisotopic (exact) mass is 286 g/mol. The third-order valence-electron chi connectivity index (χ3n) is 3.55. The number of rotatable bonds is 6. The van der Waals surface area contributed by atoms with E-state index >= 15 is 0 Å². The summed E-state index contributed by atoms with van der Waals surface area (Å²) in [5, 5.41) is 6.43. The lowest BCUT2D eigenvalue weighted by molar-refractivity contribution is 0.0119. The highest BCUT2D eigenvalue weighted by Crippen LogP contribution is 2.23. The highest BCUT2D eigenvalue weighted by Gasteiger charge is 2.31. The molecule has 0 spiro atoms. The second kappa shape index (κ2) is 7.27. The van der Waals surface area contributed by atoms with Crippen molar-refractivity contribution < 1.29 is 14.3 Å². The van der Waals surface area contributed by atoms with Gasteiger partial charge in [-0.15, -0.1) is 0 Å². The molecule has 0 aromatic rings. The minimum absolute atomic E-state index is 0.255. The first-order valence-electron chi connectivity index (χ1n) is 7.47. The number of ether oxygens (including phenoxy) is 2. The molecule has 0 saturated heterocycles. The van der Waals surface area contributed by atoms with E-state index in [4.69, 9.17) is 9.47 Å². The SMILES string of the molecule is COC1CC(NC(CNC(=O)OC(C)(C)C)C(C)C)C1. The fraction of sp³-hybridized carbons (Fsp3) is 0.933. The van der Waals surface area contributed by atoms with Gasteiger partial charge >= 0.3 is 6.09 Å². The molecule has 1 rings (SSSR count). The molecule has 1 unspecified atom stereocenters. The predicted molar refractivity (Wildman–Crippen MR) is 79.8 cm³/mol. The van der Waals surface area contributed by atoms with Crippen LogP contribution in [0, 0.1) is 5.92 Å². The van der Waals surface area contributed by atoms with E-state index in [9.17, 15) is 4.79 Å². The molecule has 1 saturated carbocycles. The van der Waals surface area contributed by atoms with Crippen LogP contribution in [0.25, 0.3) is 0 Å². The number of alkyl carbamates (subject to hydrolysis) is 1. The smallest absolute Gasteiger partial charge is 0.407 e. The standard InChI is InChI=1S/C15H30N2O3/c1-10(2)13(17-11-7-12(8-11)19-6)9-16-14(18)20-15(3,4)5/h10-13,17H,7-9H2,1-6H3,(H,16,18). The quantitative estimate of drug-likeness (QED) is 0.786. The van der Waals surface area contributed by atoms with Crippen LogP contribution in [0.4, 0.5) is 4.79 Å². The summed E-state index contributed by atoms with van der Waals surface area (Å²) in [6.07, 6.45) is 2.13. The Morgan fingerprint density at radius 1 is 1.30 bits per heavy atom. The first kappa shape index (κ1) is 17.2. The summed E-state index contributed by atoms with van der Waals surface area (Å²) in [6, 6.07) is 0.748. The number of hydrogen-bond acceptors (Lipinski definition) is 4. The second-order valence-electron chi connectivity index (χ2n) is 6.93. The van der Waals surface area contributed by atoms with Crippen LogP contribution in [-0.2, 0) is 9.47 Å². The number of nitrogens with one attached hydrogen (secondary N) is 2. The van der Waals surface area contributed by atoms with Gasteiger partial charge in [-0.1, -0.05) is 13.8 Å². The van der Waals surface area contributed by atoms with Gasteiger partial charge in [0.05, 0.1) is 6.10 Å². The van der Waals surface area contributed by atoms with Crippen molar-refractivity contribution >= 4 is 6.09 Å². The zero-order chi connectivity index (χ0) is 15.3. The normalized spacial score (nSPS) is 24.1. The summed E-state index contributed by atoms with van der Waals surface area (Å²) in [5.74, 6) is 0.450. The van der Waals surface area contributed by atoms with Crippen LogP contribution < -0.4 is 10.6 Å². The van der Waals surface area contributed by atoms with Crippen LogP contribution in [0.3, 0.4) is 0 Å². The van der Waals surface area contributed by atoms with Crippen molar-refractivity contribution in [2.24, 2.45) is 5.92 Å². The Labute approximate surface area is 122 Å². The van der Waals surface area contributed by atoms with Crippen molar-refractivity contribution in [2.75, 3.05) is 13.7 Å². The van der Waals surface area contributed by atoms with Crippen molar-refractivity contribution in [1.29, 1.82) is 0 Å². The second-order valence-corrected chi connectivity index (χ2v) is 6.93. The molecule has 5 heteroatoms. The molecule has 0 heterocycles. The fourth-order valence-electron chi connectivity index (χ4n) is 2.19. The Morgan fingerprint density at radius 3 is 2.35 bits per heavy atom. The Morgan fingerprint density at radius 2 is 1.90 bits per heavy atom. The topological polar surface area (TPSA) is 59.6 Å². The van der Waals surface area contributed by atoms with Gasteiger partial charge in [-0.05, 0) is 39.5 Å². The Bertz CT molecular complexity index is 307. The lowest BCUT2D eigenvalue weighted by Crippen LogP contribution is -2.54. The first-order valence-corrected chi connectivity index (χ1v) is 7.47.